The van der Waals surface area contributed by atoms with Gasteiger partial charge < -0.3 is 19.2 Å². The lowest BCUT2D eigenvalue weighted by molar-refractivity contribution is -0.140. The van der Waals surface area contributed by atoms with E-state index in [0.717, 1.165) is 0 Å². The molecule has 1 N–H and O–H groups in total. The van der Waals surface area contributed by atoms with Crippen LogP contribution in [-0.2, 0) is 16.1 Å². The molecule has 1 saturated heterocycles. The van der Waals surface area contributed by atoms with Crippen molar-refractivity contribution in [1.82, 2.24) is 9.88 Å². The molecule has 1 amide bonds. The lowest BCUT2D eigenvalue weighted by Crippen LogP contribution is -2.29. The van der Waals surface area contributed by atoms with Gasteiger partial charge in [-0.1, -0.05) is 12.1 Å². The summed E-state index contributed by atoms with van der Waals surface area (Å²) in [4.78, 5) is 31.2. The van der Waals surface area contributed by atoms with Crippen LogP contribution >= 0.6 is 0 Å². The van der Waals surface area contributed by atoms with E-state index in [1.54, 1.807) is 48.5 Å². The Morgan fingerprint density at radius 1 is 1.17 bits per heavy atom. The maximum Gasteiger partial charge on any atom is 0.296 e. The fourth-order valence-corrected chi connectivity index (χ4v) is 3.57. The van der Waals surface area contributed by atoms with Gasteiger partial charge in [0.15, 0.2) is 0 Å². The number of carbonyl (C=O) groups excluding carboxylic acids is 2. The molecule has 1 aromatic carbocycles. The van der Waals surface area contributed by atoms with Crippen LogP contribution in [0.3, 0.4) is 0 Å². The quantitative estimate of drug-likeness (QED) is 0.383. The molecule has 152 valence electrons. The van der Waals surface area contributed by atoms with E-state index in [9.17, 15) is 14.7 Å². The van der Waals surface area contributed by atoms with Crippen molar-refractivity contribution in [3.63, 3.8) is 0 Å². The fraction of sp³-hybridized carbons (Fsp3) is 0.174. The number of amides is 1. The highest BCUT2D eigenvalue weighted by molar-refractivity contribution is 6.46. The van der Waals surface area contributed by atoms with Crippen LogP contribution in [-0.4, -0.2) is 33.3 Å². The summed E-state index contributed by atoms with van der Waals surface area (Å²) >= 11 is 0. The summed E-state index contributed by atoms with van der Waals surface area (Å²) in [5.74, 6) is -0.546. The molecule has 4 rings (SSSR count). The molecule has 7 nitrogen and oxygen atoms in total. The number of pyridine rings is 1. The third kappa shape index (κ3) is 3.57. The van der Waals surface area contributed by atoms with Crippen molar-refractivity contribution in [2.75, 3.05) is 6.61 Å². The Bertz CT molecular complexity index is 1090. The Morgan fingerprint density at radius 3 is 2.67 bits per heavy atom. The lowest BCUT2D eigenvalue weighted by Gasteiger charge is -2.25. The van der Waals surface area contributed by atoms with Gasteiger partial charge in [-0.3, -0.25) is 14.6 Å². The van der Waals surface area contributed by atoms with E-state index < -0.39 is 17.7 Å². The Kier molecular flexibility index (Phi) is 5.34. The molecule has 7 heteroatoms. The predicted octanol–water partition coefficient (Wildman–Crippen LogP) is 3.70. The van der Waals surface area contributed by atoms with Crippen molar-refractivity contribution in [2.24, 2.45) is 0 Å². The number of benzene rings is 1. The number of ketones is 1. The molecule has 0 radical (unpaired) electrons. The molecular formula is C23H20N2O5. The first-order valence-corrected chi connectivity index (χ1v) is 9.54. The zero-order valence-corrected chi connectivity index (χ0v) is 16.3. The Balaban J connectivity index is 1.86. The average molecular weight is 404 g/mol. The standard InChI is InChI=1S/C23H20N2O5/c1-2-29-17-6-3-5-16(13-17)20-19(21(26)15-8-10-24-11-9-15)22(27)23(28)25(20)14-18-7-4-12-30-18/h3-13,20,26H,2,14H2,1H3/b21-19-. The second-order valence-corrected chi connectivity index (χ2v) is 6.75. The van der Waals surface area contributed by atoms with Crippen LogP contribution in [0.25, 0.3) is 5.76 Å². The third-order valence-electron chi connectivity index (χ3n) is 4.88. The van der Waals surface area contributed by atoms with Gasteiger partial charge in [0.25, 0.3) is 11.7 Å². The summed E-state index contributed by atoms with van der Waals surface area (Å²) < 4.78 is 11.0. The molecule has 1 aliphatic rings. The number of Topliss-reactive ketones (excluding diaryl/α,β-unsaturated/α-hetero) is 1. The Morgan fingerprint density at radius 2 is 1.97 bits per heavy atom. The zero-order valence-electron chi connectivity index (χ0n) is 16.3. The van der Waals surface area contributed by atoms with E-state index in [1.165, 1.54) is 23.6 Å². The number of hydrogen-bond acceptors (Lipinski definition) is 6. The predicted molar refractivity (Wildman–Crippen MR) is 108 cm³/mol. The Hall–Kier alpha value is -3.87. The summed E-state index contributed by atoms with van der Waals surface area (Å²) in [6.07, 6.45) is 4.53. The van der Waals surface area contributed by atoms with Crippen molar-refractivity contribution in [1.29, 1.82) is 0 Å². The maximum absolute atomic E-state index is 13.0. The molecule has 1 unspecified atom stereocenters. The third-order valence-corrected chi connectivity index (χ3v) is 4.88. The first-order valence-electron chi connectivity index (χ1n) is 9.54. The summed E-state index contributed by atoms with van der Waals surface area (Å²) in [5, 5.41) is 11.0. The summed E-state index contributed by atoms with van der Waals surface area (Å²) in [5.41, 5.74) is 1.08. The molecule has 2 aromatic heterocycles. The number of nitrogens with zero attached hydrogens (tertiary/aromatic N) is 2. The van der Waals surface area contributed by atoms with Gasteiger partial charge in [-0.25, -0.2) is 0 Å². The number of likely N-dealkylation sites (tertiary alicyclic amines) is 1. The van der Waals surface area contributed by atoms with Crippen LogP contribution in [0, 0.1) is 0 Å². The highest BCUT2D eigenvalue weighted by Gasteiger charge is 2.46. The second-order valence-electron chi connectivity index (χ2n) is 6.75. The highest BCUT2D eigenvalue weighted by atomic mass is 16.5. The maximum atomic E-state index is 13.0. The summed E-state index contributed by atoms with van der Waals surface area (Å²) in [7, 11) is 0. The average Bonchev–Trinajstić information content (AvgIpc) is 3.37. The minimum atomic E-state index is -0.788. The first-order chi connectivity index (χ1) is 14.6. The largest absolute Gasteiger partial charge is 0.507 e. The minimum Gasteiger partial charge on any atom is -0.507 e. The summed E-state index contributed by atoms with van der Waals surface area (Å²) in [6.45, 7) is 2.44. The van der Waals surface area contributed by atoms with E-state index in [0.29, 0.717) is 29.2 Å². The van der Waals surface area contributed by atoms with E-state index >= 15 is 0 Å². The van der Waals surface area contributed by atoms with Crippen LogP contribution < -0.4 is 4.74 Å². The molecule has 3 heterocycles. The molecule has 3 aromatic rings. The van der Waals surface area contributed by atoms with E-state index in [1.807, 2.05) is 6.92 Å². The van der Waals surface area contributed by atoms with E-state index in [-0.39, 0.29) is 17.9 Å². The number of hydrogen-bond donors (Lipinski definition) is 1. The number of carbonyl (C=O) groups is 2. The molecule has 1 fully saturated rings. The van der Waals surface area contributed by atoms with Crippen LogP contribution in [0.15, 0.2) is 77.2 Å². The normalized spacial score (nSPS) is 18.0. The molecule has 1 atom stereocenters. The van der Waals surface area contributed by atoms with Crippen molar-refractivity contribution in [2.45, 2.75) is 19.5 Å². The van der Waals surface area contributed by atoms with Crippen molar-refractivity contribution < 1.29 is 23.8 Å². The number of ether oxygens (including phenoxy) is 1. The number of furan rings is 1. The second kappa shape index (κ2) is 8.24. The van der Waals surface area contributed by atoms with E-state index in [2.05, 4.69) is 4.98 Å². The van der Waals surface area contributed by atoms with Gasteiger partial charge in [0.1, 0.15) is 17.3 Å². The van der Waals surface area contributed by atoms with Crippen molar-refractivity contribution in [3.8, 4) is 5.75 Å². The molecule has 0 aliphatic carbocycles. The van der Waals surface area contributed by atoms with Crippen LogP contribution in [0.1, 0.15) is 29.9 Å². The van der Waals surface area contributed by atoms with Gasteiger partial charge >= 0.3 is 0 Å². The monoisotopic (exact) mass is 404 g/mol. The molecule has 0 saturated carbocycles. The number of aromatic nitrogens is 1. The highest BCUT2D eigenvalue weighted by Crippen LogP contribution is 2.41. The van der Waals surface area contributed by atoms with Gasteiger partial charge in [-0.2, -0.15) is 0 Å². The van der Waals surface area contributed by atoms with Crippen molar-refractivity contribution >= 4 is 17.4 Å². The van der Waals surface area contributed by atoms with Gasteiger partial charge in [0.2, 0.25) is 0 Å². The number of aliphatic hydroxyl groups excluding tert-OH is 1. The SMILES string of the molecule is CCOc1cccc(C2/C(=C(/O)c3ccncc3)C(=O)C(=O)N2Cc2ccco2)c1. The summed E-state index contributed by atoms with van der Waals surface area (Å²) in [6, 6.07) is 13.0. The molecule has 1 aliphatic heterocycles. The molecular weight excluding hydrogens is 384 g/mol. The molecule has 0 spiro atoms. The molecule has 0 bridgehead atoms. The first kappa shape index (κ1) is 19.4. The van der Waals surface area contributed by atoms with Gasteiger partial charge in [0.05, 0.1) is 31.0 Å². The molecule has 30 heavy (non-hydrogen) atoms. The van der Waals surface area contributed by atoms with Gasteiger partial charge in [-0.05, 0) is 48.9 Å². The van der Waals surface area contributed by atoms with Gasteiger partial charge in [0, 0.05) is 18.0 Å². The van der Waals surface area contributed by atoms with E-state index in [4.69, 9.17) is 9.15 Å². The zero-order chi connectivity index (χ0) is 21.1. The fourth-order valence-electron chi connectivity index (χ4n) is 3.57. The van der Waals surface area contributed by atoms with Crippen LogP contribution in [0.5, 0.6) is 5.75 Å². The minimum absolute atomic E-state index is 0.0198. The van der Waals surface area contributed by atoms with Gasteiger partial charge in [-0.15, -0.1) is 0 Å². The number of aliphatic hydroxyl groups is 1. The lowest BCUT2D eigenvalue weighted by atomic mass is 9.95. The topological polar surface area (TPSA) is 92.9 Å². The van der Waals surface area contributed by atoms with Crippen LogP contribution in [0.4, 0.5) is 0 Å². The van der Waals surface area contributed by atoms with Crippen LogP contribution in [0.2, 0.25) is 0 Å². The van der Waals surface area contributed by atoms with Crippen molar-refractivity contribution in [3.05, 3.63) is 89.6 Å². The Labute approximate surface area is 173 Å². The number of rotatable bonds is 6. The smallest absolute Gasteiger partial charge is 0.296 e.